The smallest absolute Gasteiger partial charge is 0.295 e. The Balaban J connectivity index is 1.78. The van der Waals surface area contributed by atoms with Crippen molar-refractivity contribution in [3.8, 4) is 17.1 Å². The second-order valence-electron chi connectivity index (χ2n) is 7.36. The summed E-state index contributed by atoms with van der Waals surface area (Å²) in [5.41, 5.74) is 5.53. The highest BCUT2D eigenvalue weighted by molar-refractivity contribution is 9.10. The minimum absolute atomic E-state index is 0.0792. The van der Waals surface area contributed by atoms with E-state index in [1.165, 1.54) is 0 Å². The molecule has 0 bridgehead atoms. The summed E-state index contributed by atoms with van der Waals surface area (Å²) in [7, 11) is 0. The Kier molecular flexibility index (Phi) is 5.94. The number of rotatable bonds is 4. The fraction of sp³-hybridized carbons (Fsp3) is 0.125. The van der Waals surface area contributed by atoms with Crippen LogP contribution in [0.1, 0.15) is 27.3 Å². The number of nitrogens with zero attached hydrogens (tertiary/aromatic N) is 3. The molecule has 4 rings (SSSR count). The molecular weight excluding hydrogens is 476 g/mol. The molecule has 1 N–H and O–H groups in total. The van der Waals surface area contributed by atoms with Gasteiger partial charge in [-0.2, -0.15) is 0 Å². The summed E-state index contributed by atoms with van der Waals surface area (Å²) in [4.78, 5) is 17.5. The van der Waals surface area contributed by atoms with Crippen molar-refractivity contribution in [1.82, 2.24) is 14.8 Å². The van der Waals surface area contributed by atoms with E-state index in [4.69, 9.17) is 11.6 Å². The molecule has 0 saturated heterocycles. The molecule has 4 aromatic rings. The van der Waals surface area contributed by atoms with E-state index in [2.05, 4.69) is 31.3 Å². The van der Waals surface area contributed by atoms with Gasteiger partial charge in [0.2, 0.25) is 5.82 Å². The van der Waals surface area contributed by atoms with Crippen molar-refractivity contribution in [2.45, 2.75) is 20.8 Å². The largest absolute Gasteiger partial charge is 0.319 e. The fourth-order valence-corrected chi connectivity index (χ4v) is 3.61. The van der Waals surface area contributed by atoms with Gasteiger partial charge in [-0.1, -0.05) is 51.8 Å². The predicted molar refractivity (Wildman–Crippen MR) is 128 cm³/mol. The van der Waals surface area contributed by atoms with Crippen LogP contribution in [0, 0.1) is 20.8 Å². The van der Waals surface area contributed by atoms with Crippen LogP contribution < -0.4 is 5.32 Å². The molecule has 156 valence electrons. The summed E-state index contributed by atoms with van der Waals surface area (Å²) in [5.74, 6) is 0.263. The Morgan fingerprint density at radius 1 is 0.935 bits per heavy atom. The summed E-state index contributed by atoms with van der Waals surface area (Å²) in [5, 5.41) is 8.02. The highest BCUT2D eigenvalue weighted by Crippen LogP contribution is 2.27. The van der Waals surface area contributed by atoms with Crippen LogP contribution in [-0.4, -0.2) is 20.7 Å². The van der Waals surface area contributed by atoms with Gasteiger partial charge in [0.25, 0.3) is 5.91 Å². The number of hydrogen-bond acceptors (Lipinski definition) is 3. The van der Waals surface area contributed by atoms with Gasteiger partial charge >= 0.3 is 0 Å². The summed E-state index contributed by atoms with van der Waals surface area (Å²) in [6.45, 7) is 6.00. The van der Waals surface area contributed by atoms with Gasteiger partial charge in [0, 0.05) is 20.7 Å². The third-order valence-corrected chi connectivity index (χ3v) is 5.84. The summed E-state index contributed by atoms with van der Waals surface area (Å²) in [6, 6.07) is 19.0. The topological polar surface area (TPSA) is 59.8 Å². The Morgan fingerprint density at radius 3 is 2.35 bits per heavy atom. The lowest BCUT2D eigenvalue weighted by molar-refractivity contribution is 0.101. The Bertz CT molecular complexity index is 1280. The van der Waals surface area contributed by atoms with Crippen molar-refractivity contribution in [2.75, 3.05) is 5.32 Å². The third-order valence-electron chi connectivity index (χ3n) is 5.08. The van der Waals surface area contributed by atoms with Crippen molar-refractivity contribution < 1.29 is 4.79 Å². The first-order valence-electron chi connectivity index (χ1n) is 9.70. The number of amides is 1. The van der Waals surface area contributed by atoms with Gasteiger partial charge < -0.3 is 5.32 Å². The molecule has 0 atom stereocenters. The van der Waals surface area contributed by atoms with Gasteiger partial charge in [0.15, 0.2) is 5.82 Å². The summed E-state index contributed by atoms with van der Waals surface area (Å²) in [6.07, 6.45) is 0. The molecule has 0 radical (unpaired) electrons. The van der Waals surface area contributed by atoms with Crippen LogP contribution in [0.3, 0.4) is 0 Å². The van der Waals surface area contributed by atoms with Crippen LogP contribution in [0.2, 0.25) is 5.02 Å². The number of halogens is 2. The van der Waals surface area contributed by atoms with E-state index in [9.17, 15) is 4.79 Å². The van der Waals surface area contributed by atoms with E-state index < -0.39 is 0 Å². The molecular formula is C24H20BrClN4O. The zero-order chi connectivity index (χ0) is 22.1. The highest BCUT2D eigenvalue weighted by Gasteiger charge is 2.20. The maximum atomic E-state index is 13.0. The van der Waals surface area contributed by atoms with Crippen molar-refractivity contribution in [1.29, 1.82) is 0 Å². The quantitative estimate of drug-likeness (QED) is 0.350. The molecule has 0 aliphatic carbocycles. The molecule has 0 saturated carbocycles. The molecule has 1 aromatic heterocycles. The van der Waals surface area contributed by atoms with E-state index in [0.717, 1.165) is 32.4 Å². The van der Waals surface area contributed by atoms with Gasteiger partial charge in [-0.3, -0.25) is 4.79 Å². The lowest BCUT2D eigenvalue weighted by Crippen LogP contribution is -2.14. The second kappa shape index (κ2) is 8.65. The Hall–Kier alpha value is -2.96. The van der Waals surface area contributed by atoms with E-state index in [1.807, 2.05) is 81.4 Å². The van der Waals surface area contributed by atoms with Crippen molar-refractivity contribution in [2.24, 2.45) is 0 Å². The van der Waals surface area contributed by atoms with E-state index >= 15 is 0 Å². The number of hydrogen-bond donors (Lipinski definition) is 1. The molecule has 0 aliphatic heterocycles. The average molecular weight is 496 g/mol. The van der Waals surface area contributed by atoms with Crippen LogP contribution in [0.5, 0.6) is 0 Å². The van der Waals surface area contributed by atoms with Gasteiger partial charge in [-0.15, -0.1) is 5.10 Å². The maximum absolute atomic E-state index is 13.0. The standard InChI is InChI=1S/C24H20BrClN4O/c1-14-5-11-20(12-16(14)3)27-24(31)22-28-23(17-6-8-18(25)9-7-17)30(29-22)21-13-19(26)10-4-15(21)2/h4-13H,1-3H3,(H,27,31). The molecule has 7 heteroatoms. The number of nitrogens with one attached hydrogen (secondary N) is 1. The highest BCUT2D eigenvalue weighted by atomic mass is 79.9. The number of carbonyl (C=O) groups excluding carboxylic acids is 1. The van der Waals surface area contributed by atoms with Crippen LogP contribution in [0.15, 0.2) is 65.1 Å². The molecule has 1 heterocycles. The van der Waals surface area contributed by atoms with Gasteiger partial charge in [-0.25, -0.2) is 9.67 Å². The summed E-state index contributed by atoms with van der Waals surface area (Å²) >= 11 is 9.70. The van der Waals surface area contributed by atoms with Gasteiger partial charge in [-0.05, 0) is 73.9 Å². The molecule has 0 fully saturated rings. The number of aromatic nitrogens is 3. The Morgan fingerprint density at radius 2 is 1.65 bits per heavy atom. The first-order valence-corrected chi connectivity index (χ1v) is 10.9. The zero-order valence-electron chi connectivity index (χ0n) is 17.3. The number of carbonyl (C=O) groups is 1. The van der Waals surface area contributed by atoms with Crippen molar-refractivity contribution >= 4 is 39.1 Å². The predicted octanol–water partition coefficient (Wildman–Crippen LogP) is 6.53. The van der Waals surface area contributed by atoms with Gasteiger partial charge in [0.05, 0.1) is 5.69 Å². The first kappa shape index (κ1) is 21.3. The van der Waals surface area contributed by atoms with Crippen LogP contribution in [0.25, 0.3) is 17.1 Å². The minimum atomic E-state index is -0.375. The number of aryl methyl sites for hydroxylation is 3. The van der Waals surface area contributed by atoms with Crippen LogP contribution in [0.4, 0.5) is 5.69 Å². The molecule has 31 heavy (non-hydrogen) atoms. The monoisotopic (exact) mass is 494 g/mol. The normalized spacial score (nSPS) is 10.9. The zero-order valence-corrected chi connectivity index (χ0v) is 19.6. The molecule has 1 amide bonds. The first-order chi connectivity index (χ1) is 14.8. The number of anilines is 1. The maximum Gasteiger partial charge on any atom is 0.295 e. The Labute approximate surface area is 194 Å². The molecule has 0 unspecified atom stereocenters. The average Bonchev–Trinajstić information content (AvgIpc) is 3.18. The van der Waals surface area contributed by atoms with Gasteiger partial charge in [0.1, 0.15) is 0 Å². The van der Waals surface area contributed by atoms with E-state index in [-0.39, 0.29) is 11.7 Å². The molecule has 3 aromatic carbocycles. The third kappa shape index (κ3) is 4.55. The van der Waals surface area contributed by atoms with Crippen LogP contribution >= 0.6 is 27.5 Å². The number of benzene rings is 3. The molecule has 0 aliphatic rings. The fourth-order valence-electron chi connectivity index (χ4n) is 3.18. The van der Waals surface area contributed by atoms with E-state index in [1.54, 1.807) is 4.68 Å². The minimum Gasteiger partial charge on any atom is -0.319 e. The van der Waals surface area contributed by atoms with Crippen molar-refractivity contribution in [3.05, 3.63) is 92.7 Å². The molecule has 5 nitrogen and oxygen atoms in total. The van der Waals surface area contributed by atoms with Crippen molar-refractivity contribution in [3.63, 3.8) is 0 Å². The lowest BCUT2D eigenvalue weighted by Gasteiger charge is -2.09. The summed E-state index contributed by atoms with van der Waals surface area (Å²) < 4.78 is 2.62. The molecule has 0 spiro atoms. The van der Waals surface area contributed by atoms with E-state index in [0.29, 0.717) is 16.5 Å². The second-order valence-corrected chi connectivity index (χ2v) is 8.71. The SMILES string of the molecule is Cc1ccc(NC(=O)c2nc(-c3ccc(Br)cc3)n(-c3cc(Cl)ccc3C)n2)cc1C. The van der Waals surface area contributed by atoms with Crippen LogP contribution in [-0.2, 0) is 0 Å². The lowest BCUT2D eigenvalue weighted by atomic mass is 10.1.